The summed E-state index contributed by atoms with van der Waals surface area (Å²) in [4.78, 5) is 10.5. The van der Waals surface area contributed by atoms with Crippen molar-refractivity contribution < 1.29 is 9.90 Å². The zero-order valence-corrected chi connectivity index (χ0v) is 10.7. The van der Waals surface area contributed by atoms with Gasteiger partial charge in [-0.25, -0.2) is 0 Å². The molecule has 14 heavy (non-hydrogen) atoms. The van der Waals surface area contributed by atoms with Crippen LogP contribution in [0.2, 0.25) is 0 Å². The normalized spacial score (nSPS) is 9.50. The molecule has 0 aliphatic carbocycles. The molecule has 0 atom stereocenters. The molecule has 0 aromatic heterocycles. The van der Waals surface area contributed by atoms with Crippen LogP contribution in [0.3, 0.4) is 0 Å². The summed E-state index contributed by atoms with van der Waals surface area (Å²) in [6.07, 6.45) is -0.0252. The molecule has 0 aliphatic rings. The van der Waals surface area contributed by atoms with Gasteiger partial charge in [-0.15, -0.1) is 0 Å². The van der Waals surface area contributed by atoms with Crippen molar-refractivity contribution >= 4 is 44.5 Å². The van der Waals surface area contributed by atoms with Gasteiger partial charge in [0, 0.05) is 8.04 Å². The molecule has 0 unspecified atom stereocenters. The third-order valence-electron chi connectivity index (χ3n) is 1.60. The molecule has 1 aromatic rings. The van der Waals surface area contributed by atoms with Crippen molar-refractivity contribution in [2.24, 2.45) is 0 Å². The first-order valence-electron chi connectivity index (χ1n) is 3.64. The Morgan fingerprint density at radius 1 is 1.64 bits per heavy atom. The summed E-state index contributed by atoms with van der Waals surface area (Å²) >= 11 is 5.24. The summed E-state index contributed by atoms with van der Waals surface area (Å²) < 4.78 is 1.43. The Balaban J connectivity index is 3.16. The second-order valence-corrected chi connectivity index (χ2v) is 4.62. The van der Waals surface area contributed by atoms with E-state index in [9.17, 15) is 4.79 Å². The van der Waals surface area contributed by atoms with Crippen LogP contribution in [-0.4, -0.2) is 11.1 Å². The Kier molecular flexibility index (Phi) is 3.89. The first-order chi connectivity index (χ1) is 6.54. The molecule has 72 valence electrons. The fourth-order valence-corrected chi connectivity index (χ4v) is 2.11. The second kappa shape index (κ2) is 4.75. The Bertz CT molecular complexity index is 426. The molecule has 1 aromatic carbocycles. The Hall–Kier alpha value is -0.610. The lowest BCUT2D eigenvalue weighted by molar-refractivity contribution is -0.136. The number of halogens is 2. The minimum atomic E-state index is -0.875. The Morgan fingerprint density at radius 2 is 2.29 bits per heavy atom. The fraction of sp³-hybridized carbons (Fsp3) is 0.111. The maximum absolute atomic E-state index is 10.5. The summed E-state index contributed by atoms with van der Waals surface area (Å²) in [6.45, 7) is 0. The average Bonchev–Trinajstić information content (AvgIpc) is 2.10. The van der Waals surface area contributed by atoms with E-state index in [4.69, 9.17) is 10.4 Å². The summed E-state index contributed by atoms with van der Waals surface area (Å²) in [5.74, 6) is -0.875. The lowest BCUT2D eigenvalue weighted by atomic mass is 10.1. The molecule has 0 saturated heterocycles. The van der Waals surface area contributed by atoms with Gasteiger partial charge in [0.05, 0.1) is 12.0 Å². The van der Waals surface area contributed by atoms with Crippen molar-refractivity contribution in [2.75, 3.05) is 0 Å². The predicted molar refractivity (Wildman–Crippen MR) is 62.9 cm³/mol. The highest BCUT2D eigenvalue weighted by Crippen LogP contribution is 2.23. The molecule has 0 bridgehead atoms. The molecule has 3 nitrogen and oxygen atoms in total. The van der Waals surface area contributed by atoms with Crippen LogP contribution in [0.25, 0.3) is 0 Å². The Morgan fingerprint density at radius 3 is 2.79 bits per heavy atom. The molecule has 0 saturated carbocycles. The number of benzene rings is 1. The largest absolute Gasteiger partial charge is 0.481 e. The highest BCUT2D eigenvalue weighted by atomic mass is 127. The molecule has 1 rings (SSSR count). The van der Waals surface area contributed by atoms with Crippen LogP contribution < -0.4 is 0 Å². The van der Waals surface area contributed by atoms with Crippen molar-refractivity contribution in [3.63, 3.8) is 0 Å². The quantitative estimate of drug-likeness (QED) is 0.819. The van der Waals surface area contributed by atoms with Gasteiger partial charge >= 0.3 is 5.97 Å². The minimum Gasteiger partial charge on any atom is -0.481 e. The number of carboxylic acids is 1. The Labute approximate surface area is 103 Å². The fourth-order valence-electron chi connectivity index (χ4n) is 0.972. The van der Waals surface area contributed by atoms with Crippen molar-refractivity contribution in [1.29, 1.82) is 5.26 Å². The molecule has 0 fully saturated rings. The first-order valence-corrected chi connectivity index (χ1v) is 5.51. The third-order valence-corrected chi connectivity index (χ3v) is 3.26. The van der Waals surface area contributed by atoms with Crippen LogP contribution in [0, 0.1) is 14.9 Å². The molecule has 0 aliphatic heterocycles. The molecular formula is C9H5BrINO2. The van der Waals surface area contributed by atoms with Gasteiger partial charge in [-0.3, -0.25) is 4.79 Å². The third kappa shape index (κ3) is 2.69. The molecular weight excluding hydrogens is 361 g/mol. The van der Waals surface area contributed by atoms with Crippen molar-refractivity contribution in [3.8, 4) is 6.07 Å². The van der Waals surface area contributed by atoms with Crippen LogP contribution >= 0.6 is 38.5 Å². The number of aliphatic carboxylic acids is 1. The van der Waals surface area contributed by atoms with Gasteiger partial charge in [0.2, 0.25) is 0 Å². The van der Waals surface area contributed by atoms with Crippen LogP contribution in [0.1, 0.15) is 11.1 Å². The van der Waals surface area contributed by atoms with Gasteiger partial charge in [0.15, 0.2) is 0 Å². The van der Waals surface area contributed by atoms with Crippen molar-refractivity contribution in [3.05, 3.63) is 31.3 Å². The van der Waals surface area contributed by atoms with E-state index in [1.54, 1.807) is 12.1 Å². The van der Waals surface area contributed by atoms with Crippen molar-refractivity contribution in [1.82, 2.24) is 0 Å². The smallest absolute Gasteiger partial charge is 0.307 e. The van der Waals surface area contributed by atoms with Crippen LogP contribution in [0.5, 0.6) is 0 Å². The monoisotopic (exact) mass is 365 g/mol. The zero-order valence-electron chi connectivity index (χ0n) is 6.92. The number of carboxylic acid groups (broad SMARTS) is 1. The van der Waals surface area contributed by atoms with E-state index >= 15 is 0 Å². The highest BCUT2D eigenvalue weighted by molar-refractivity contribution is 14.1. The van der Waals surface area contributed by atoms with Gasteiger partial charge in [-0.2, -0.15) is 5.26 Å². The van der Waals surface area contributed by atoms with E-state index in [1.807, 2.05) is 28.7 Å². The van der Waals surface area contributed by atoms with E-state index in [2.05, 4.69) is 15.9 Å². The van der Waals surface area contributed by atoms with Gasteiger partial charge in [-0.05, 0) is 56.2 Å². The van der Waals surface area contributed by atoms with E-state index < -0.39 is 5.97 Å². The number of nitrogens with zero attached hydrogens (tertiary/aromatic N) is 1. The summed E-state index contributed by atoms with van der Waals surface area (Å²) in [5, 5.41) is 17.3. The van der Waals surface area contributed by atoms with Crippen molar-refractivity contribution in [2.45, 2.75) is 6.42 Å². The molecule has 0 amide bonds. The topological polar surface area (TPSA) is 61.1 Å². The SMILES string of the molecule is N#Cc1cc(I)c(CC(=O)O)cc1Br. The van der Waals surface area contributed by atoms with Gasteiger partial charge < -0.3 is 5.11 Å². The summed E-state index contributed by atoms with van der Waals surface area (Å²) in [5.41, 5.74) is 1.23. The van der Waals surface area contributed by atoms with Crippen LogP contribution in [0.15, 0.2) is 16.6 Å². The number of carbonyl (C=O) groups is 1. The average molecular weight is 366 g/mol. The number of nitriles is 1. The van der Waals surface area contributed by atoms with Gasteiger partial charge in [0.25, 0.3) is 0 Å². The standard InChI is InChI=1S/C9H5BrINO2/c10-7-1-5(3-9(13)14)8(11)2-6(7)4-12/h1-2H,3H2,(H,13,14). The highest BCUT2D eigenvalue weighted by Gasteiger charge is 2.09. The maximum atomic E-state index is 10.5. The van der Waals surface area contributed by atoms with Gasteiger partial charge in [-0.1, -0.05) is 0 Å². The van der Waals surface area contributed by atoms with E-state index in [-0.39, 0.29) is 6.42 Å². The molecule has 1 N–H and O–H groups in total. The first kappa shape index (κ1) is 11.5. The van der Waals surface area contributed by atoms with Crippen LogP contribution in [0.4, 0.5) is 0 Å². The predicted octanol–water partition coefficient (Wildman–Crippen LogP) is 2.55. The minimum absolute atomic E-state index is 0.0252. The summed E-state index contributed by atoms with van der Waals surface area (Å²) in [7, 11) is 0. The van der Waals surface area contributed by atoms with E-state index in [0.717, 1.165) is 3.57 Å². The van der Waals surface area contributed by atoms with E-state index in [0.29, 0.717) is 15.6 Å². The summed E-state index contributed by atoms with van der Waals surface area (Å²) in [6, 6.07) is 5.36. The van der Waals surface area contributed by atoms with E-state index in [1.165, 1.54) is 0 Å². The number of hydrogen-bond acceptors (Lipinski definition) is 2. The second-order valence-electron chi connectivity index (χ2n) is 2.61. The van der Waals surface area contributed by atoms with Crippen LogP contribution in [-0.2, 0) is 11.2 Å². The molecule has 5 heteroatoms. The molecule has 0 radical (unpaired) electrons. The molecule has 0 heterocycles. The zero-order chi connectivity index (χ0) is 10.7. The number of rotatable bonds is 2. The van der Waals surface area contributed by atoms with Gasteiger partial charge in [0.1, 0.15) is 6.07 Å². The maximum Gasteiger partial charge on any atom is 0.307 e. The lowest BCUT2D eigenvalue weighted by Gasteiger charge is -2.03. The lowest BCUT2D eigenvalue weighted by Crippen LogP contribution is -2.02. The molecule has 0 spiro atoms. The number of hydrogen-bond donors (Lipinski definition) is 1.